The molecule has 0 unspecified atom stereocenters. The first kappa shape index (κ1) is 31.3. The standard InChI is InChI=1S/C27H31ClFN3O6S2/c1-18-14-20(37-5)9-8-19(18)17-32(25-30-10-13-39-25)40(35,36)24-15-21(28)23(16-22(24)29)31(11-6-7-12-33)26(34)38-27(2,3)4/h8-10,12-16H,6-7,11,17H2,1-5H3. The number of carbonyl (C=O) groups is 2. The molecule has 40 heavy (non-hydrogen) atoms. The molecule has 9 nitrogen and oxygen atoms in total. The van der Waals surface area contributed by atoms with Crippen molar-refractivity contribution in [3.8, 4) is 5.75 Å². The van der Waals surface area contributed by atoms with Crippen molar-refractivity contribution < 1.29 is 31.9 Å². The fraction of sp³-hybridized carbons (Fsp3) is 0.370. The van der Waals surface area contributed by atoms with Crippen LogP contribution in [-0.4, -0.2) is 45.0 Å². The highest BCUT2D eigenvalue weighted by Gasteiger charge is 2.33. The third-order valence-corrected chi connectivity index (χ3v) is 8.64. The van der Waals surface area contributed by atoms with Gasteiger partial charge in [0.2, 0.25) is 0 Å². The van der Waals surface area contributed by atoms with Crippen LogP contribution in [0.4, 0.5) is 20.0 Å². The first-order chi connectivity index (χ1) is 18.8. The predicted octanol–water partition coefficient (Wildman–Crippen LogP) is 6.37. The molecule has 13 heteroatoms. The molecular formula is C27H31ClFN3O6S2. The van der Waals surface area contributed by atoms with E-state index in [9.17, 15) is 18.0 Å². The number of halogens is 2. The van der Waals surface area contributed by atoms with Gasteiger partial charge in [-0.3, -0.25) is 4.90 Å². The molecule has 2 aromatic carbocycles. The van der Waals surface area contributed by atoms with Crippen LogP contribution in [0.2, 0.25) is 5.02 Å². The second-order valence-corrected chi connectivity index (χ2v) is 12.9. The number of unbranched alkanes of at least 4 members (excludes halogenated alkanes) is 1. The van der Waals surface area contributed by atoms with Gasteiger partial charge in [-0.1, -0.05) is 17.7 Å². The van der Waals surface area contributed by atoms with Crippen LogP contribution in [0.25, 0.3) is 0 Å². The predicted molar refractivity (Wildman–Crippen MR) is 154 cm³/mol. The lowest BCUT2D eigenvalue weighted by molar-refractivity contribution is -0.107. The quantitative estimate of drug-likeness (QED) is 0.183. The number of methoxy groups -OCH3 is 1. The molecule has 0 aliphatic carbocycles. The van der Waals surface area contributed by atoms with Crippen LogP contribution in [0.5, 0.6) is 5.75 Å². The van der Waals surface area contributed by atoms with Crippen molar-refractivity contribution in [1.29, 1.82) is 0 Å². The van der Waals surface area contributed by atoms with Gasteiger partial charge in [-0.15, -0.1) is 11.3 Å². The van der Waals surface area contributed by atoms with Crippen LogP contribution in [0, 0.1) is 12.7 Å². The number of hydrogen-bond donors (Lipinski definition) is 0. The molecule has 1 heterocycles. The van der Waals surface area contributed by atoms with Gasteiger partial charge in [-0.25, -0.2) is 26.9 Å². The van der Waals surface area contributed by atoms with Gasteiger partial charge >= 0.3 is 6.09 Å². The summed E-state index contributed by atoms with van der Waals surface area (Å²) in [7, 11) is -2.98. The molecule has 3 rings (SSSR count). The molecule has 0 bridgehead atoms. The molecule has 0 saturated carbocycles. The maximum absolute atomic E-state index is 15.7. The molecule has 0 spiro atoms. The Morgan fingerprint density at radius 2 is 1.95 bits per heavy atom. The van der Waals surface area contributed by atoms with Gasteiger partial charge in [-0.2, -0.15) is 0 Å². The number of benzene rings is 2. The molecule has 0 saturated heterocycles. The summed E-state index contributed by atoms with van der Waals surface area (Å²) in [5.41, 5.74) is 0.495. The van der Waals surface area contributed by atoms with E-state index in [2.05, 4.69) is 4.98 Å². The number of carbonyl (C=O) groups excluding carboxylic acids is 2. The Kier molecular flexibility index (Phi) is 10.1. The van der Waals surface area contributed by atoms with E-state index in [0.29, 0.717) is 17.6 Å². The van der Waals surface area contributed by atoms with Crippen LogP contribution < -0.4 is 13.9 Å². The number of hydrogen-bond acceptors (Lipinski definition) is 8. The Morgan fingerprint density at radius 1 is 1.23 bits per heavy atom. The summed E-state index contributed by atoms with van der Waals surface area (Å²) in [5, 5.41) is 1.57. The van der Waals surface area contributed by atoms with Crippen molar-refractivity contribution in [3.63, 3.8) is 0 Å². The fourth-order valence-electron chi connectivity index (χ4n) is 3.72. The van der Waals surface area contributed by atoms with Crippen LogP contribution in [0.3, 0.4) is 0 Å². The number of rotatable bonds is 11. The van der Waals surface area contributed by atoms with E-state index in [-0.39, 0.29) is 41.8 Å². The lowest BCUT2D eigenvalue weighted by Gasteiger charge is -2.28. The maximum atomic E-state index is 15.7. The Hall–Kier alpha value is -3.22. The molecule has 0 radical (unpaired) electrons. The number of anilines is 2. The average Bonchev–Trinajstić information content (AvgIpc) is 3.40. The largest absolute Gasteiger partial charge is 0.497 e. The van der Waals surface area contributed by atoms with Crippen molar-refractivity contribution in [2.24, 2.45) is 0 Å². The molecule has 0 atom stereocenters. The maximum Gasteiger partial charge on any atom is 0.414 e. The summed E-state index contributed by atoms with van der Waals surface area (Å²) in [5.74, 6) is -0.502. The average molecular weight is 612 g/mol. The number of aryl methyl sites for hydroxylation is 1. The minimum Gasteiger partial charge on any atom is -0.497 e. The molecule has 1 aromatic heterocycles. The molecule has 3 aromatic rings. The van der Waals surface area contributed by atoms with Crippen LogP contribution >= 0.6 is 22.9 Å². The molecular weight excluding hydrogens is 581 g/mol. The van der Waals surface area contributed by atoms with Gasteiger partial charge in [0.25, 0.3) is 10.0 Å². The second kappa shape index (κ2) is 13.0. The van der Waals surface area contributed by atoms with Crippen LogP contribution in [0.1, 0.15) is 44.7 Å². The van der Waals surface area contributed by atoms with E-state index >= 15 is 4.39 Å². The van der Waals surface area contributed by atoms with Gasteiger partial charge in [-0.05, 0) is 63.4 Å². The van der Waals surface area contributed by atoms with Gasteiger partial charge in [0.1, 0.15) is 28.3 Å². The van der Waals surface area contributed by atoms with Gasteiger partial charge in [0.05, 0.1) is 24.4 Å². The normalized spacial score (nSPS) is 11.7. The molecule has 216 valence electrons. The molecule has 0 aliphatic heterocycles. The van der Waals surface area contributed by atoms with E-state index in [0.717, 1.165) is 38.2 Å². The third-order valence-electron chi connectivity index (χ3n) is 5.67. The van der Waals surface area contributed by atoms with Gasteiger partial charge in [0, 0.05) is 30.6 Å². The zero-order valence-corrected chi connectivity index (χ0v) is 25.2. The van der Waals surface area contributed by atoms with Crippen molar-refractivity contribution in [2.75, 3.05) is 22.9 Å². The number of sulfonamides is 1. The SMILES string of the molecule is COc1ccc(CN(c2nccs2)S(=O)(=O)c2cc(Cl)c(N(CCCC=O)C(=O)OC(C)(C)C)cc2F)c(C)c1. The monoisotopic (exact) mass is 611 g/mol. The van der Waals surface area contributed by atoms with Gasteiger partial charge in [0.15, 0.2) is 5.13 Å². The van der Waals surface area contributed by atoms with Crippen molar-refractivity contribution in [1.82, 2.24) is 4.98 Å². The van der Waals surface area contributed by atoms with Crippen molar-refractivity contribution >= 4 is 56.2 Å². The first-order valence-electron chi connectivity index (χ1n) is 12.3. The smallest absolute Gasteiger partial charge is 0.414 e. The number of aromatic nitrogens is 1. The van der Waals surface area contributed by atoms with E-state index in [1.54, 1.807) is 44.4 Å². The highest BCUT2D eigenvalue weighted by Crippen LogP contribution is 2.36. The van der Waals surface area contributed by atoms with Crippen LogP contribution in [-0.2, 0) is 26.1 Å². The Morgan fingerprint density at radius 3 is 2.52 bits per heavy atom. The Bertz CT molecular complexity index is 1460. The number of ether oxygens (including phenoxy) is 2. The van der Waals surface area contributed by atoms with Crippen molar-refractivity contribution in [3.05, 3.63) is 63.9 Å². The molecule has 0 fully saturated rings. The number of thiazole rings is 1. The van der Waals surface area contributed by atoms with Crippen molar-refractivity contribution in [2.45, 2.75) is 57.6 Å². The molecule has 1 amide bonds. The lowest BCUT2D eigenvalue weighted by atomic mass is 10.1. The summed E-state index contributed by atoms with van der Waals surface area (Å²) in [4.78, 5) is 28.3. The molecule has 0 aliphatic rings. The number of aldehydes is 1. The van der Waals surface area contributed by atoms with E-state index < -0.39 is 32.4 Å². The zero-order valence-electron chi connectivity index (χ0n) is 22.8. The second-order valence-electron chi connectivity index (χ2n) is 9.79. The highest BCUT2D eigenvalue weighted by atomic mass is 35.5. The van der Waals surface area contributed by atoms with E-state index in [1.807, 2.05) is 6.92 Å². The summed E-state index contributed by atoms with van der Waals surface area (Å²) in [6, 6.07) is 7.06. The van der Waals surface area contributed by atoms with Crippen LogP contribution in [0.15, 0.2) is 46.8 Å². The minimum absolute atomic E-state index is 0.000890. The summed E-state index contributed by atoms with van der Waals surface area (Å²) in [6.45, 7) is 6.70. The highest BCUT2D eigenvalue weighted by molar-refractivity contribution is 7.93. The third kappa shape index (κ3) is 7.49. The molecule has 0 N–H and O–H groups in total. The van der Waals surface area contributed by atoms with Gasteiger partial charge < -0.3 is 14.3 Å². The Labute approximate surface area is 242 Å². The van der Waals surface area contributed by atoms with E-state index in [4.69, 9.17) is 21.1 Å². The summed E-state index contributed by atoms with van der Waals surface area (Å²) >= 11 is 7.56. The zero-order chi connectivity index (χ0) is 29.7. The first-order valence-corrected chi connectivity index (χ1v) is 15.0. The number of nitrogens with zero attached hydrogens (tertiary/aromatic N) is 3. The van der Waals surface area contributed by atoms with E-state index in [1.165, 1.54) is 13.3 Å². The summed E-state index contributed by atoms with van der Waals surface area (Å²) in [6.07, 6.45) is 1.75. The minimum atomic E-state index is -4.51. The number of amides is 1. The summed E-state index contributed by atoms with van der Waals surface area (Å²) < 4.78 is 55.1. The topological polar surface area (TPSA) is 106 Å². The Balaban J connectivity index is 2.06. The lowest BCUT2D eigenvalue weighted by Crippen LogP contribution is -2.38. The fourth-order valence-corrected chi connectivity index (χ4v) is 6.40.